The Labute approximate surface area is 81.8 Å². The van der Waals surface area contributed by atoms with Gasteiger partial charge in [-0.1, -0.05) is 0 Å². The quantitative estimate of drug-likeness (QED) is 0.733. The van der Waals surface area contributed by atoms with E-state index in [1.807, 2.05) is 0 Å². The number of hydrogen-bond acceptors (Lipinski definition) is 3. The molecule has 1 amide bonds. The Morgan fingerprint density at radius 2 is 2.29 bits per heavy atom. The molecule has 4 nitrogen and oxygen atoms in total. The van der Waals surface area contributed by atoms with Gasteiger partial charge in [-0.25, -0.2) is 0 Å². The van der Waals surface area contributed by atoms with E-state index in [0.29, 0.717) is 17.2 Å². The second-order valence-electron chi connectivity index (χ2n) is 3.11. The molecule has 1 aromatic rings. The molecule has 0 aromatic heterocycles. The fourth-order valence-electron chi connectivity index (χ4n) is 1.31. The summed E-state index contributed by atoms with van der Waals surface area (Å²) in [5.41, 5.74) is 0.689. The van der Waals surface area contributed by atoms with Crippen molar-refractivity contribution >= 4 is 11.6 Å². The molecule has 0 aliphatic carbocycles. The molecule has 1 aromatic carbocycles. The van der Waals surface area contributed by atoms with Crippen LogP contribution in [-0.2, 0) is 4.79 Å². The molecule has 0 saturated carbocycles. The number of anilines is 1. The first kappa shape index (κ1) is 8.87. The van der Waals surface area contributed by atoms with Crippen molar-refractivity contribution in [2.24, 2.45) is 0 Å². The van der Waals surface area contributed by atoms with E-state index in [1.54, 1.807) is 32.2 Å². The maximum Gasteiger partial charge on any atom is 0.265 e. The highest BCUT2D eigenvalue weighted by Gasteiger charge is 2.23. The number of carbonyl (C=O) groups is 1. The Kier molecular flexibility index (Phi) is 2.04. The van der Waals surface area contributed by atoms with Gasteiger partial charge in [-0.15, -0.1) is 0 Å². The third-order valence-electron chi connectivity index (χ3n) is 2.12. The number of rotatable bonds is 1. The van der Waals surface area contributed by atoms with Gasteiger partial charge >= 0.3 is 0 Å². The van der Waals surface area contributed by atoms with Crippen molar-refractivity contribution in [3.63, 3.8) is 0 Å². The van der Waals surface area contributed by atoms with Crippen LogP contribution >= 0.6 is 0 Å². The van der Waals surface area contributed by atoms with E-state index in [0.717, 1.165) is 0 Å². The minimum Gasteiger partial charge on any atom is -0.497 e. The van der Waals surface area contributed by atoms with Gasteiger partial charge in [-0.3, -0.25) is 4.79 Å². The topological polar surface area (TPSA) is 47.6 Å². The molecule has 0 bridgehead atoms. The summed E-state index contributed by atoms with van der Waals surface area (Å²) in [5, 5.41) is 2.74. The van der Waals surface area contributed by atoms with Crippen LogP contribution in [0.25, 0.3) is 0 Å². The average molecular weight is 193 g/mol. The number of nitrogens with one attached hydrogen (secondary N) is 1. The SMILES string of the molecule is COc1ccc2c(c1)OC(C)C(=O)N2. The van der Waals surface area contributed by atoms with Crippen LogP contribution in [0.5, 0.6) is 11.5 Å². The molecular weight excluding hydrogens is 182 g/mol. The van der Waals surface area contributed by atoms with Crippen molar-refractivity contribution in [2.75, 3.05) is 12.4 Å². The Hall–Kier alpha value is -1.71. The number of hydrogen-bond donors (Lipinski definition) is 1. The van der Waals surface area contributed by atoms with Crippen molar-refractivity contribution in [2.45, 2.75) is 13.0 Å². The Morgan fingerprint density at radius 1 is 1.50 bits per heavy atom. The largest absolute Gasteiger partial charge is 0.497 e. The molecule has 0 radical (unpaired) electrons. The van der Waals surface area contributed by atoms with Gasteiger partial charge in [0.2, 0.25) is 0 Å². The van der Waals surface area contributed by atoms with E-state index in [9.17, 15) is 4.79 Å². The second-order valence-corrected chi connectivity index (χ2v) is 3.11. The number of amides is 1. The molecule has 1 aliphatic heterocycles. The van der Waals surface area contributed by atoms with E-state index < -0.39 is 6.10 Å². The zero-order valence-electron chi connectivity index (χ0n) is 8.03. The summed E-state index contributed by atoms with van der Waals surface area (Å²) in [6.07, 6.45) is -0.449. The first-order chi connectivity index (χ1) is 6.70. The summed E-state index contributed by atoms with van der Waals surface area (Å²) < 4.78 is 10.4. The van der Waals surface area contributed by atoms with Gasteiger partial charge < -0.3 is 14.8 Å². The molecule has 2 rings (SSSR count). The van der Waals surface area contributed by atoms with E-state index >= 15 is 0 Å². The van der Waals surface area contributed by atoms with E-state index in [-0.39, 0.29) is 5.91 Å². The molecular formula is C10H11NO3. The van der Waals surface area contributed by atoms with Crippen molar-refractivity contribution in [1.82, 2.24) is 0 Å². The lowest BCUT2D eigenvalue weighted by atomic mass is 10.2. The summed E-state index contributed by atoms with van der Waals surface area (Å²) in [7, 11) is 1.59. The highest BCUT2D eigenvalue weighted by atomic mass is 16.5. The number of methoxy groups -OCH3 is 1. The van der Waals surface area contributed by atoms with Crippen molar-refractivity contribution in [1.29, 1.82) is 0 Å². The average Bonchev–Trinajstić information content (AvgIpc) is 2.19. The molecule has 1 N–H and O–H groups in total. The number of benzene rings is 1. The minimum atomic E-state index is -0.449. The van der Waals surface area contributed by atoms with E-state index in [2.05, 4.69) is 5.32 Å². The Morgan fingerprint density at radius 3 is 3.00 bits per heavy atom. The number of fused-ring (bicyclic) bond motifs is 1. The molecule has 1 aliphatic rings. The van der Waals surface area contributed by atoms with Crippen LogP contribution in [0.2, 0.25) is 0 Å². The lowest BCUT2D eigenvalue weighted by molar-refractivity contribution is -0.122. The molecule has 1 unspecified atom stereocenters. The van der Waals surface area contributed by atoms with Crippen LogP contribution < -0.4 is 14.8 Å². The Balaban J connectivity index is 2.37. The maximum atomic E-state index is 11.2. The lowest BCUT2D eigenvalue weighted by Crippen LogP contribution is -2.34. The van der Waals surface area contributed by atoms with Crippen molar-refractivity contribution < 1.29 is 14.3 Å². The van der Waals surface area contributed by atoms with E-state index in [1.165, 1.54) is 0 Å². The zero-order valence-corrected chi connectivity index (χ0v) is 8.03. The van der Waals surface area contributed by atoms with Crippen LogP contribution in [0.1, 0.15) is 6.92 Å². The van der Waals surface area contributed by atoms with Crippen LogP contribution in [-0.4, -0.2) is 19.1 Å². The van der Waals surface area contributed by atoms with Gasteiger partial charge in [0, 0.05) is 6.07 Å². The summed E-state index contributed by atoms with van der Waals surface area (Å²) in [5.74, 6) is 1.24. The Bertz CT molecular complexity index is 376. The molecule has 14 heavy (non-hydrogen) atoms. The monoisotopic (exact) mass is 193 g/mol. The smallest absolute Gasteiger partial charge is 0.265 e. The summed E-state index contributed by atoms with van der Waals surface area (Å²) in [6, 6.07) is 5.29. The maximum absolute atomic E-state index is 11.2. The van der Waals surface area contributed by atoms with Crippen LogP contribution in [0.4, 0.5) is 5.69 Å². The lowest BCUT2D eigenvalue weighted by Gasteiger charge is -2.23. The molecule has 4 heteroatoms. The fourth-order valence-corrected chi connectivity index (χ4v) is 1.31. The zero-order chi connectivity index (χ0) is 10.1. The van der Waals surface area contributed by atoms with Crippen LogP contribution in [0.3, 0.4) is 0 Å². The predicted molar refractivity (Wildman–Crippen MR) is 51.7 cm³/mol. The van der Waals surface area contributed by atoms with Gasteiger partial charge in [0.25, 0.3) is 5.91 Å². The van der Waals surface area contributed by atoms with Gasteiger partial charge in [-0.2, -0.15) is 0 Å². The number of carbonyl (C=O) groups excluding carboxylic acids is 1. The standard InChI is InChI=1S/C10H11NO3/c1-6-10(12)11-8-4-3-7(13-2)5-9(8)14-6/h3-6H,1-2H3,(H,11,12). The first-order valence-electron chi connectivity index (χ1n) is 4.36. The second kappa shape index (κ2) is 3.21. The van der Waals surface area contributed by atoms with Crippen molar-refractivity contribution in [3.8, 4) is 11.5 Å². The summed E-state index contributed by atoms with van der Waals surface area (Å²) >= 11 is 0. The molecule has 0 spiro atoms. The molecule has 1 atom stereocenters. The van der Waals surface area contributed by atoms with Crippen LogP contribution in [0, 0.1) is 0 Å². The third kappa shape index (κ3) is 1.39. The predicted octanol–water partition coefficient (Wildman–Crippen LogP) is 1.41. The molecule has 1 heterocycles. The van der Waals surface area contributed by atoms with E-state index in [4.69, 9.17) is 9.47 Å². The minimum absolute atomic E-state index is 0.123. The normalized spacial score (nSPS) is 19.3. The summed E-state index contributed by atoms with van der Waals surface area (Å²) in [4.78, 5) is 11.2. The fraction of sp³-hybridized carbons (Fsp3) is 0.300. The number of ether oxygens (including phenoxy) is 2. The molecule has 74 valence electrons. The highest BCUT2D eigenvalue weighted by molar-refractivity contribution is 5.97. The molecule has 0 fully saturated rings. The van der Waals surface area contributed by atoms with Gasteiger partial charge in [-0.05, 0) is 19.1 Å². The van der Waals surface area contributed by atoms with Gasteiger partial charge in [0.1, 0.15) is 11.5 Å². The molecule has 0 saturated heterocycles. The summed E-state index contributed by atoms with van der Waals surface area (Å²) in [6.45, 7) is 1.71. The highest BCUT2D eigenvalue weighted by Crippen LogP contribution is 2.32. The van der Waals surface area contributed by atoms with Gasteiger partial charge in [0.15, 0.2) is 6.10 Å². The van der Waals surface area contributed by atoms with Crippen LogP contribution in [0.15, 0.2) is 18.2 Å². The van der Waals surface area contributed by atoms with Gasteiger partial charge in [0.05, 0.1) is 12.8 Å². The first-order valence-corrected chi connectivity index (χ1v) is 4.36. The third-order valence-corrected chi connectivity index (χ3v) is 2.12. The van der Waals surface area contributed by atoms with Crippen molar-refractivity contribution in [3.05, 3.63) is 18.2 Å².